The lowest BCUT2D eigenvalue weighted by atomic mass is 10.0. The van der Waals surface area contributed by atoms with Gasteiger partial charge in [0, 0.05) is 16.2 Å². The number of nitro groups is 1. The van der Waals surface area contributed by atoms with Gasteiger partial charge in [0.1, 0.15) is 11.6 Å². The van der Waals surface area contributed by atoms with Crippen LogP contribution in [0.3, 0.4) is 0 Å². The highest BCUT2D eigenvalue weighted by Gasteiger charge is 2.39. The van der Waals surface area contributed by atoms with Gasteiger partial charge in [-0.1, -0.05) is 0 Å². The molecule has 0 spiro atoms. The fraction of sp³-hybridized carbons (Fsp3) is 0.462. The molecule has 2 atom stereocenters. The molecular formula is C13H15IN2O5. The number of nitrogens with zero attached hydrogens (tertiary/aromatic N) is 2. The first-order valence-electron chi connectivity index (χ1n) is 6.46. The van der Waals surface area contributed by atoms with E-state index in [1.54, 1.807) is 17.0 Å². The molecule has 8 heteroatoms. The van der Waals surface area contributed by atoms with Gasteiger partial charge in [0.2, 0.25) is 0 Å². The number of rotatable bonds is 5. The quantitative estimate of drug-likeness (QED) is 0.458. The van der Waals surface area contributed by atoms with Crippen molar-refractivity contribution >= 4 is 39.9 Å². The first-order valence-corrected chi connectivity index (χ1v) is 7.54. The van der Waals surface area contributed by atoms with Crippen molar-refractivity contribution in [2.24, 2.45) is 5.92 Å². The average Bonchev–Trinajstić information content (AvgIpc) is 2.90. The van der Waals surface area contributed by atoms with Gasteiger partial charge in [0.15, 0.2) is 0 Å². The highest BCUT2D eigenvalue weighted by atomic mass is 127. The molecule has 1 saturated heterocycles. The van der Waals surface area contributed by atoms with E-state index in [1.165, 1.54) is 6.07 Å². The van der Waals surface area contributed by atoms with E-state index in [4.69, 9.17) is 4.74 Å². The molecule has 2 unspecified atom stereocenters. The molecule has 2 rings (SSSR count). The summed E-state index contributed by atoms with van der Waals surface area (Å²) in [6.45, 7) is 2.71. The molecule has 1 aromatic carbocycles. The molecule has 1 aliphatic rings. The van der Waals surface area contributed by atoms with Gasteiger partial charge in [0.25, 0.3) is 5.69 Å². The van der Waals surface area contributed by atoms with Crippen molar-refractivity contribution in [2.75, 3.05) is 24.7 Å². The number of benzene rings is 1. The summed E-state index contributed by atoms with van der Waals surface area (Å²) in [6.07, 6.45) is 0. The lowest BCUT2D eigenvalue weighted by Gasteiger charge is -2.31. The number of carboxylic acid groups (broad SMARTS) is 1. The number of carboxylic acids is 1. The Balaban J connectivity index is 2.42. The van der Waals surface area contributed by atoms with Gasteiger partial charge < -0.3 is 14.7 Å². The number of hydrogen-bond acceptors (Lipinski definition) is 5. The third kappa shape index (κ3) is 3.26. The Labute approximate surface area is 135 Å². The molecule has 21 heavy (non-hydrogen) atoms. The number of carbonyl (C=O) groups is 1. The molecule has 0 bridgehead atoms. The van der Waals surface area contributed by atoms with Gasteiger partial charge in [-0.25, -0.2) is 0 Å². The maximum Gasteiger partial charge on any atom is 0.311 e. The Bertz CT molecular complexity index is 565. The zero-order chi connectivity index (χ0) is 15.6. The standard InChI is InChI=1S/C13H15IN2O5/c1-2-15(12-7-21-6-9(12)13(17)18)10-4-3-8(14)5-11(10)16(19)20/h3-5,9,12H,2,6-7H2,1H3,(H,17,18). The van der Waals surface area contributed by atoms with Crippen molar-refractivity contribution < 1.29 is 19.6 Å². The molecule has 0 aromatic heterocycles. The Hall–Kier alpha value is -1.42. The van der Waals surface area contributed by atoms with E-state index >= 15 is 0 Å². The van der Waals surface area contributed by atoms with Crippen LogP contribution in [0.4, 0.5) is 11.4 Å². The number of halogens is 1. The SMILES string of the molecule is CCN(c1ccc(I)cc1[N+](=O)[O-])C1COCC1C(=O)O. The third-order valence-corrected chi connectivity index (χ3v) is 4.22. The topological polar surface area (TPSA) is 92.9 Å². The van der Waals surface area contributed by atoms with E-state index in [0.717, 1.165) is 3.57 Å². The van der Waals surface area contributed by atoms with Crippen molar-refractivity contribution in [1.82, 2.24) is 0 Å². The second kappa shape index (κ2) is 6.56. The van der Waals surface area contributed by atoms with E-state index in [-0.39, 0.29) is 18.9 Å². The second-order valence-corrected chi connectivity index (χ2v) is 5.97. The molecule has 0 aliphatic carbocycles. The molecule has 0 radical (unpaired) electrons. The summed E-state index contributed by atoms with van der Waals surface area (Å²) in [7, 11) is 0. The van der Waals surface area contributed by atoms with Gasteiger partial charge >= 0.3 is 5.97 Å². The van der Waals surface area contributed by atoms with Crippen molar-refractivity contribution in [3.05, 3.63) is 31.9 Å². The van der Waals surface area contributed by atoms with Crippen molar-refractivity contribution in [3.63, 3.8) is 0 Å². The number of ether oxygens (including phenoxy) is 1. The minimum Gasteiger partial charge on any atom is -0.481 e. The summed E-state index contributed by atoms with van der Waals surface area (Å²) >= 11 is 2.01. The average molecular weight is 406 g/mol. The Morgan fingerprint density at radius 1 is 1.57 bits per heavy atom. The summed E-state index contributed by atoms with van der Waals surface area (Å²) in [5.74, 6) is -1.62. The lowest BCUT2D eigenvalue weighted by molar-refractivity contribution is -0.384. The van der Waals surface area contributed by atoms with Crippen LogP contribution in [0.2, 0.25) is 0 Å². The normalized spacial score (nSPS) is 21.2. The van der Waals surface area contributed by atoms with Crippen LogP contribution in [0.1, 0.15) is 6.92 Å². The van der Waals surface area contributed by atoms with Crippen LogP contribution >= 0.6 is 22.6 Å². The lowest BCUT2D eigenvalue weighted by Crippen LogP contribution is -2.43. The maximum absolute atomic E-state index is 11.3. The highest BCUT2D eigenvalue weighted by molar-refractivity contribution is 14.1. The van der Waals surface area contributed by atoms with Crippen LogP contribution in [-0.4, -0.2) is 41.8 Å². The Morgan fingerprint density at radius 2 is 2.29 bits per heavy atom. The predicted molar refractivity (Wildman–Crippen MR) is 84.6 cm³/mol. The first-order chi connectivity index (χ1) is 9.95. The van der Waals surface area contributed by atoms with Crippen LogP contribution in [0.15, 0.2) is 18.2 Å². The molecule has 0 amide bonds. The Kier molecular flexibility index (Phi) is 4.99. The van der Waals surface area contributed by atoms with E-state index in [9.17, 15) is 20.0 Å². The number of hydrogen-bond donors (Lipinski definition) is 1. The minimum absolute atomic E-state index is 0.0141. The van der Waals surface area contributed by atoms with Crippen molar-refractivity contribution in [1.29, 1.82) is 0 Å². The molecule has 1 aromatic rings. The van der Waals surface area contributed by atoms with Crippen molar-refractivity contribution in [2.45, 2.75) is 13.0 Å². The first kappa shape index (κ1) is 16.0. The minimum atomic E-state index is -0.941. The molecule has 114 valence electrons. The van der Waals surface area contributed by atoms with E-state index in [2.05, 4.69) is 0 Å². The van der Waals surface area contributed by atoms with Crippen LogP contribution in [-0.2, 0) is 9.53 Å². The highest BCUT2D eigenvalue weighted by Crippen LogP contribution is 2.34. The zero-order valence-corrected chi connectivity index (χ0v) is 13.5. The third-order valence-electron chi connectivity index (χ3n) is 3.55. The maximum atomic E-state index is 11.3. The van der Waals surface area contributed by atoms with Crippen molar-refractivity contribution in [3.8, 4) is 0 Å². The molecule has 1 fully saturated rings. The van der Waals surface area contributed by atoms with Crippen LogP contribution in [0.5, 0.6) is 0 Å². The summed E-state index contributed by atoms with van der Waals surface area (Å²) in [5.41, 5.74) is 0.421. The number of aliphatic carboxylic acids is 1. The van der Waals surface area contributed by atoms with Gasteiger partial charge in [-0.05, 0) is 41.6 Å². The van der Waals surface area contributed by atoms with E-state index in [0.29, 0.717) is 12.2 Å². The van der Waals surface area contributed by atoms with E-state index < -0.39 is 22.9 Å². The van der Waals surface area contributed by atoms with Crippen LogP contribution in [0, 0.1) is 19.6 Å². The largest absolute Gasteiger partial charge is 0.481 e. The molecular weight excluding hydrogens is 391 g/mol. The van der Waals surface area contributed by atoms with Crippen LogP contribution in [0.25, 0.3) is 0 Å². The van der Waals surface area contributed by atoms with Gasteiger partial charge in [-0.15, -0.1) is 0 Å². The zero-order valence-electron chi connectivity index (χ0n) is 11.4. The number of nitro benzene ring substituents is 1. The Morgan fingerprint density at radius 3 is 2.86 bits per heavy atom. The van der Waals surface area contributed by atoms with Gasteiger partial charge in [0.05, 0.1) is 24.2 Å². The second-order valence-electron chi connectivity index (χ2n) is 4.73. The summed E-state index contributed by atoms with van der Waals surface area (Å²) < 4.78 is 6.03. The molecule has 1 aliphatic heterocycles. The summed E-state index contributed by atoms with van der Waals surface area (Å²) in [6, 6.07) is 4.54. The summed E-state index contributed by atoms with van der Waals surface area (Å²) in [5, 5.41) is 20.5. The summed E-state index contributed by atoms with van der Waals surface area (Å²) in [4.78, 5) is 23.9. The molecule has 0 saturated carbocycles. The fourth-order valence-corrected chi connectivity index (χ4v) is 3.03. The molecule has 1 N–H and O–H groups in total. The van der Waals surface area contributed by atoms with Crippen LogP contribution < -0.4 is 4.90 Å². The van der Waals surface area contributed by atoms with Gasteiger partial charge in [-0.3, -0.25) is 14.9 Å². The number of anilines is 1. The predicted octanol–water partition coefficient (Wildman–Crippen LogP) is 2.13. The number of likely N-dealkylation sites (N-methyl/N-ethyl adjacent to an activating group) is 1. The molecule has 7 nitrogen and oxygen atoms in total. The molecule has 1 heterocycles. The van der Waals surface area contributed by atoms with E-state index in [1.807, 2.05) is 29.5 Å². The van der Waals surface area contributed by atoms with Gasteiger partial charge in [-0.2, -0.15) is 0 Å². The monoisotopic (exact) mass is 406 g/mol. The fourth-order valence-electron chi connectivity index (χ4n) is 2.56. The smallest absolute Gasteiger partial charge is 0.311 e.